The molecule has 0 spiro atoms. The van der Waals surface area contributed by atoms with Gasteiger partial charge in [-0.3, -0.25) is 4.79 Å². The molecule has 0 heterocycles. The molecule has 7 heteroatoms. The van der Waals surface area contributed by atoms with Crippen LogP contribution in [0.4, 0.5) is 5.69 Å². The van der Waals surface area contributed by atoms with Gasteiger partial charge in [-0.15, -0.1) is 0 Å². The summed E-state index contributed by atoms with van der Waals surface area (Å²) >= 11 is 0. The van der Waals surface area contributed by atoms with Gasteiger partial charge in [-0.2, -0.15) is 0 Å². The molecule has 26 heavy (non-hydrogen) atoms. The summed E-state index contributed by atoms with van der Waals surface area (Å²) in [5, 5.41) is 11.6. The third-order valence-electron chi connectivity index (χ3n) is 6.40. The van der Waals surface area contributed by atoms with Crippen LogP contribution in [0.1, 0.15) is 45.4 Å². The predicted octanol–water partition coefficient (Wildman–Crippen LogP) is 2.22. The normalized spacial score (nSPS) is 33.8. The highest BCUT2D eigenvalue weighted by molar-refractivity contribution is 7.89. The molecule has 4 aliphatic rings. The Morgan fingerprint density at radius 2 is 1.58 bits per heavy atom. The molecule has 6 nitrogen and oxygen atoms in total. The highest BCUT2D eigenvalue weighted by atomic mass is 32.2. The van der Waals surface area contributed by atoms with Gasteiger partial charge in [0.1, 0.15) is 0 Å². The van der Waals surface area contributed by atoms with E-state index in [1.54, 1.807) is 12.1 Å². The lowest BCUT2D eigenvalue weighted by Gasteiger charge is -2.57. The molecule has 1 atom stereocenters. The van der Waals surface area contributed by atoms with Gasteiger partial charge in [-0.05, 0) is 87.5 Å². The molecular formula is C19H27N3O3S. The Kier molecular flexibility index (Phi) is 4.36. The van der Waals surface area contributed by atoms with Crippen LogP contribution in [0.5, 0.6) is 0 Å². The minimum Gasteiger partial charge on any atom is -0.325 e. The second-order valence-electron chi connectivity index (χ2n) is 8.62. The van der Waals surface area contributed by atoms with Gasteiger partial charge in [-0.1, -0.05) is 0 Å². The van der Waals surface area contributed by atoms with Crippen molar-refractivity contribution >= 4 is 21.6 Å². The lowest BCUT2D eigenvalue weighted by Crippen LogP contribution is -2.62. The van der Waals surface area contributed by atoms with Crippen molar-refractivity contribution in [2.24, 2.45) is 22.9 Å². The highest BCUT2D eigenvalue weighted by Crippen LogP contribution is 2.55. The number of amides is 1. The van der Waals surface area contributed by atoms with Crippen molar-refractivity contribution in [2.75, 3.05) is 5.32 Å². The number of primary sulfonamides is 1. The SMILES string of the molecule is C[C@H](NC12CC3CC(CC(C3)C1)C2)C(=O)Nc1ccc(S(N)(=O)=O)cc1. The van der Waals surface area contributed by atoms with Crippen molar-refractivity contribution < 1.29 is 13.2 Å². The van der Waals surface area contributed by atoms with Gasteiger partial charge in [0, 0.05) is 11.2 Å². The Morgan fingerprint density at radius 3 is 2.04 bits per heavy atom. The van der Waals surface area contributed by atoms with Crippen molar-refractivity contribution in [3.8, 4) is 0 Å². The summed E-state index contributed by atoms with van der Waals surface area (Å²) in [6, 6.07) is 5.65. The Bertz CT molecular complexity index is 769. The van der Waals surface area contributed by atoms with Gasteiger partial charge in [0.05, 0.1) is 10.9 Å². The van der Waals surface area contributed by atoms with Crippen LogP contribution in [0.25, 0.3) is 0 Å². The summed E-state index contributed by atoms with van der Waals surface area (Å²) in [5.74, 6) is 2.39. The van der Waals surface area contributed by atoms with Crippen LogP contribution in [-0.2, 0) is 14.8 Å². The Balaban J connectivity index is 1.39. The van der Waals surface area contributed by atoms with Crippen molar-refractivity contribution in [3.05, 3.63) is 24.3 Å². The molecule has 142 valence electrons. The Morgan fingerprint density at radius 1 is 1.08 bits per heavy atom. The van der Waals surface area contributed by atoms with Gasteiger partial charge in [0.25, 0.3) is 0 Å². The molecule has 1 aromatic rings. The van der Waals surface area contributed by atoms with E-state index in [0.29, 0.717) is 5.69 Å². The van der Waals surface area contributed by atoms with Crippen molar-refractivity contribution in [1.29, 1.82) is 0 Å². The monoisotopic (exact) mass is 377 g/mol. The molecule has 0 aromatic heterocycles. The number of nitrogens with one attached hydrogen (secondary N) is 2. The molecular weight excluding hydrogens is 350 g/mol. The maximum atomic E-state index is 12.6. The topological polar surface area (TPSA) is 101 Å². The fraction of sp³-hybridized carbons (Fsp3) is 0.632. The molecule has 4 N–H and O–H groups in total. The van der Waals surface area contributed by atoms with E-state index in [9.17, 15) is 13.2 Å². The van der Waals surface area contributed by atoms with E-state index in [1.807, 2.05) is 6.92 Å². The molecule has 0 unspecified atom stereocenters. The average molecular weight is 378 g/mol. The van der Waals surface area contributed by atoms with Crippen LogP contribution < -0.4 is 15.8 Å². The molecule has 1 aromatic carbocycles. The molecule has 4 fully saturated rings. The fourth-order valence-corrected chi connectivity index (χ4v) is 6.31. The average Bonchev–Trinajstić information content (AvgIpc) is 2.52. The van der Waals surface area contributed by atoms with Crippen LogP contribution in [0, 0.1) is 17.8 Å². The maximum absolute atomic E-state index is 12.6. The summed E-state index contributed by atoms with van der Waals surface area (Å²) in [5.41, 5.74) is 0.699. The zero-order valence-electron chi connectivity index (χ0n) is 15.1. The largest absolute Gasteiger partial charge is 0.325 e. The number of carbonyl (C=O) groups is 1. The van der Waals surface area contributed by atoms with Crippen molar-refractivity contribution in [2.45, 2.75) is 61.9 Å². The van der Waals surface area contributed by atoms with Gasteiger partial charge in [-0.25, -0.2) is 13.6 Å². The third kappa shape index (κ3) is 3.52. The van der Waals surface area contributed by atoms with Gasteiger partial charge < -0.3 is 10.6 Å². The molecule has 4 bridgehead atoms. The van der Waals surface area contributed by atoms with E-state index in [0.717, 1.165) is 17.8 Å². The second kappa shape index (κ2) is 6.32. The van der Waals surface area contributed by atoms with Crippen LogP contribution in [0.15, 0.2) is 29.2 Å². The lowest BCUT2D eigenvalue weighted by atomic mass is 9.53. The summed E-state index contributed by atoms with van der Waals surface area (Å²) < 4.78 is 22.6. The van der Waals surface area contributed by atoms with Crippen molar-refractivity contribution in [3.63, 3.8) is 0 Å². The molecule has 0 saturated heterocycles. The summed E-state index contributed by atoms with van der Waals surface area (Å²) in [6.45, 7) is 1.91. The fourth-order valence-electron chi connectivity index (χ4n) is 5.79. The number of hydrogen-bond donors (Lipinski definition) is 3. The Hall–Kier alpha value is -1.44. The standard InChI is InChI=1S/C19H27N3O3S/c1-12(18(23)21-16-2-4-17(5-3-16)26(20,24)25)22-19-9-13-6-14(10-19)8-15(7-13)11-19/h2-5,12-15,22H,6-11H2,1H3,(H,21,23)(H2,20,24,25)/t12-,13?,14?,15?,19?/m0/s1. The number of rotatable bonds is 5. The molecule has 5 rings (SSSR count). The van der Waals surface area contributed by atoms with E-state index in [1.165, 1.54) is 50.7 Å². The van der Waals surface area contributed by atoms with E-state index < -0.39 is 10.0 Å². The minimum atomic E-state index is -3.72. The zero-order chi connectivity index (χ0) is 18.5. The zero-order valence-corrected chi connectivity index (χ0v) is 15.9. The Labute approximate surface area is 155 Å². The quantitative estimate of drug-likeness (QED) is 0.732. The molecule has 0 aliphatic heterocycles. The molecule has 0 radical (unpaired) electrons. The van der Waals surface area contributed by atoms with Crippen LogP contribution >= 0.6 is 0 Å². The third-order valence-corrected chi connectivity index (χ3v) is 7.33. The summed E-state index contributed by atoms with van der Waals surface area (Å²) in [6.07, 6.45) is 7.70. The highest BCUT2D eigenvalue weighted by Gasteiger charge is 2.51. The first-order valence-electron chi connectivity index (χ1n) is 9.44. The van der Waals surface area contributed by atoms with E-state index >= 15 is 0 Å². The van der Waals surface area contributed by atoms with Crippen molar-refractivity contribution in [1.82, 2.24) is 5.32 Å². The number of benzene rings is 1. The van der Waals surface area contributed by atoms with Crippen LogP contribution in [0.2, 0.25) is 0 Å². The first kappa shape index (κ1) is 17.9. The number of hydrogen-bond acceptors (Lipinski definition) is 4. The number of sulfonamides is 1. The van der Waals surface area contributed by atoms with Gasteiger partial charge >= 0.3 is 0 Å². The van der Waals surface area contributed by atoms with E-state index in [4.69, 9.17) is 5.14 Å². The number of nitrogens with two attached hydrogens (primary N) is 1. The molecule has 4 saturated carbocycles. The van der Waals surface area contributed by atoms with Crippen LogP contribution in [-0.4, -0.2) is 25.9 Å². The second-order valence-corrected chi connectivity index (χ2v) is 10.2. The predicted molar refractivity (Wildman–Crippen MR) is 99.9 cm³/mol. The first-order valence-corrected chi connectivity index (χ1v) is 11.0. The minimum absolute atomic E-state index is 0.0373. The number of carbonyl (C=O) groups excluding carboxylic acids is 1. The van der Waals surface area contributed by atoms with Gasteiger partial charge in [0.15, 0.2) is 0 Å². The summed E-state index contributed by atoms with van der Waals surface area (Å²) in [4.78, 5) is 12.6. The van der Waals surface area contributed by atoms with E-state index in [-0.39, 0.29) is 22.4 Å². The lowest BCUT2D eigenvalue weighted by molar-refractivity contribution is -0.119. The molecule has 4 aliphatic carbocycles. The molecule has 1 amide bonds. The van der Waals surface area contributed by atoms with Gasteiger partial charge in [0.2, 0.25) is 15.9 Å². The van der Waals surface area contributed by atoms with E-state index in [2.05, 4.69) is 10.6 Å². The van der Waals surface area contributed by atoms with Crippen LogP contribution in [0.3, 0.4) is 0 Å². The number of anilines is 1. The maximum Gasteiger partial charge on any atom is 0.241 e. The summed E-state index contributed by atoms with van der Waals surface area (Å²) in [7, 11) is -3.72. The first-order chi connectivity index (χ1) is 12.2. The smallest absolute Gasteiger partial charge is 0.241 e.